The summed E-state index contributed by atoms with van der Waals surface area (Å²) < 4.78 is 5.92. The third kappa shape index (κ3) is 2.76. The van der Waals surface area contributed by atoms with E-state index in [4.69, 9.17) is 4.74 Å². The molecule has 2 aromatic carbocycles. The van der Waals surface area contributed by atoms with Gasteiger partial charge in [0, 0.05) is 11.1 Å². The Morgan fingerprint density at radius 1 is 0.966 bits per heavy atom. The summed E-state index contributed by atoms with van der Waals surface area (Å²) in [7, 11) is 0. The fourth-order valence-electron chi connectivity index (χ4n) is 4.58. The molecule has 2 aliphatic heterocycles. The third-order valence-electron chi connectivity index (χ3n) is 6.03. The van der Waals surface area contributed by atoms with Crippen LogP contribution in [-0.4, -0.2) is 28.4 Å². The fraction of sp³-hybridized carbons (Fsp3) is 0.318. The van der Waals surface area contributed by atoms with Crippen LogP contribution in [-0.2, 0) is 9.59 Å². The minimum atomic E-state index is -0.881. The van der Waals surface area contributed by atoms with E-state index in [1.807, 2.05) is 36.4 Å². The van der Waals surface area contributed by atoms with E-state index in [1.54, 1.807) is 12.1 Å². The van der Waals surface area contributed by atoms with Gasteiger partial charge in [-0.1, -0.05) is 55.7 Å². The highest BCUT2D eigenvalue weighted by Crippen LogP contribution is 2.44. The number of ether oxygens (including phenoxy) is 1. The Balaban J connectivity index is 1.46. The number of fused-ring (bicyclic) bond motifs is 2. The van der Waals surface area contributed by atoms with E-state index in [0.29, 0.717) is 35.5 Å². The SMILES string of the molecule is O=C(NN1C(=O)NC2(CCCCC2)C1=O)C1c2ccccc2Oc2ccccc21. The van der Waals surface area contributed by atoms with Crippen LogP contribution in [0.4, 0.5) is 4.79 Å². The van der Waals surface area contributed by atoms with Crippen LogP contribution in [0.1, 0.15) is 49.1 Å². The predicted octanol–water partition coefficient (Wildman–Crippen LogP) is 3.21. The van der Waals surface area contributed by atoms with Crippen LogP contribution in [0.2, 0.25) is 0 Å². The molecular weight excluding hydrogens is 370 g/mol. The molecule has 1 saturated carbocycles. The quantitative estimate of drug-likeness (QED) is 0.770. The molecule has 1 saturated heterocycles. The molecule has 2 aromatic rings. The molecule has 7 heteroatoms. The van der Waals surface area contributed by atoms with Gasteiger partial charge in [0.25, 0.3) is 11.8 Å². The lowest BCUT2D eigenvalue weighted by atomic mass is 9.82. The van der Waals surface area contributed by atoms with Gasteiger partial charge in [-0.05, 0) is 25.0 Å². The summed E-state index contributed by atoms with van der Waals surface area (Å²) in [4.78, 5) is 38.8. The van der Waals surface area contributed by atoms with Crippen molar-refractivity contribution in [3.63, 3.8) is 0 Å². The molecule has 1 spiro atoms. The van der Waals surface area contributed by atoms with Crippen LogP contribution < -0.4 is 15.5 Å². The van der Waals surface area contributed by atoms with E-state index in [9.17, 15) is 14.4 Å². The first-order valence-electron chi connectivity index (χ1n) is 9.92. The van der Waals surface area contributed by atoms with Crippen molar-refractivity contribution in [2.24, 2.45) is 0 Å². The van der Waals surface area contributed by atoms with Gasteiger partial charge in [-0.25, -0.2) is 4.79 Å². The number of hydrazine groups is 1. The highest BCUT2D eigenvalue weighted by molar-refractivity contribution is 6.08. The summed E-state index contributed by atoms with van der Waals surface area (Å²) >= 11 is 0. The lowest BCUT2D eigenvalue weighted by molar-refractivity contribution is -0.140. The number of rotatable bonds is 2. The molecule has 3 aliphatic rings. The van der Waals surface area contributed by atoms with Gasteiger partial charge >= 0.3 is 6.03 Å². The van der Waals surface area contributed by atoms with E-state index < -0.39 is 23.4 Å². The van der Waals surface area contributed by atoms with Crippen LogP contribution in [0, 0.1) is 0 Å². The largest absolute Gasteiger partial charge is 0.457 e. The standard InChI is InChI=1S/C22H21N3O4/c26-19(24-25-20(27)22(23-21(25)28)12-6-1-7-13-22)18-14-8-2-4-10-16(14)29-17-11-5-3-9-15(17)18/h2-5,8-11,18H,1,6-7,12-13H2,(H,23,28)(H,24,26). The Morgan fingerprint density at radius 3 is 2.17 bits per heavy atom. The lowest BCUT2D eigenvalue weighted by Gasteiger charge is -2.31. The fourth-order valence-corrected chi connectivity index (χ4v) is 4.58. The Bertz CT molecular complexity index is 967. The second kappa shape index (κ2) is 6.62. The molecular formula is C22H21N3O4. The molecule has 0 bridgehead atoms. The molecule has 5 rings (SSSR count). The number of carbonyl (C=O) groups excluding carboxylic acids is 3. The van der Waals surface area contributed by atoms with E-state index in [1.165, 1.54) is 0 Å². The van der Waals surface area contributed by atoms with Crippen molar-refractivity contribution < 1.29 is 19.1 Å². The van der Waals surface area contributed by atoms with Crippen LogP contribution in [0.15, 0.2) is 48.5 Å². The molecule has 0 radical (unpaired) electrons. The van der Waals surface area contributed by atoms with Gasteiger partial charge in [-0.2, -0.15) is 5.01 Å². The second-order valence-electron chi connectivity index (χ2n) is 7.80. The molecule has 2 fully saturated rings. The van der Waals surface area contributed by atoms with Crippen molar-refractivity contribution >= 4 is 17.8 Å². The third-order valence-corrected chi connectivity index (χ3v) is 6.03. The minimum absolute atomic E-state index is 0.371. The van der Waals surface area contributed by atoms with Gasteiger partial charge in [0.2, 0.25) is 0 Å². The predicted molar refractivity (Wildman–Crippen MR) is 104 cm³/mol. The summed E-state index contributed by atoms with van der Waals surface area (Å²) in [6.07, 6.45) is 4.02. The average Bonchev–Trinajstić information content (AvgIpc) is 2.96. The van der Waals surface area contributed by atoms with Gasteiger partial charge in [0.15, 0.2) is 0 Å². The van der Waals surface area contributed by atoms with E-state index in [2.05, 4.69) is 10.7 Å². The Kier molecular flexibility index (Phi) is 4.04. The Morgan fingerprint density at radius 2 is 1.55 bits per heavy atom. The van der Waals surface area contributed by atoms with Crippen molar-refractivity contribution in [3.05, 3.63) is 59.7 Å². The molecule has 1 aliphatic carbocycles. The van der Waals surface area contributed by atoms with E-state index in [-0.39, 0.29) is 5.91 Å². The number of carbonyl (C=O) groups is 3. The number of nitrogens with zero attached hydrogens (tertiary/aromatic N) is 1. The maximum Gasteiger partial charge on any atom is 0.344 e. The number of nitrogens with one attached hydrogen (secondary N) is 2. The number of hydrogen-bond acceptors (Lipinski definition) is 4. The van der Waals surface area contributed by atoms with Crippen LogP contribution in [0.3, 0.4) is 0 Å². The van der Waals surface area contributed by atoms with Crippen LogP contribution in [0.25, 0.3) is 0 Å². The molecule has 0 atom stereocenters. The Labute approximate surface area is 168 Å². The highest BCUT2D eigenvalue weighted by Gasteiger charge is 2.52. The van der Waals surface area contributed by atoms with E-state index in [0.717, 1.165) is 24.3 Å². The number of amides is 4. The van der Waals surface area contributed by atoms with Crippen molar-refractivity contribution in [1.82, 2.24) is 15.8 Å². The van der Waals surface area contributed by atoms with Crippen LogP contribution in [0.5, 0.6) is 11.5 Å². The topological polar surface area (TPSA) is 87.7 Å². The van der Waals surface area contributed by atoms with E-state index >= 15 is 0 Å². The van der Waals surface area contributed by atoms with Gasteiger partial charge in [0.1, 0.15) is 17.0 Å². The average molecular weight is 391 g/mol. The number of hydrogen-bond donors (Lipinski definition) is 2. The van der Waals surface area contributed by atoms with Crippen molar-refractivity contribution in [1.29, 1.82) is 0 Å². The van der Waals surface area contributed by atoms with Crippen molar-refractivity contribution in [2.75, 3.05) is 0 Å². The number of urea groups is 1. The summed E-state index contributed by atoms with van der Waals surface area (Å²) in [5.41, 5.74) is 3.09. The zero-order valence-electron chi connectivity index (χ0n) is 15.8. The van der Waals surface area contributed by atoms with Gasteiger partial charge in [-0.15, -0.1) is 0 Å². The highest BCUT2D eigenvalue weighted by atomic mass is 16.5. The molecule has 2 heterocycles. The first kappa shape index (κ1) is 17.7. The number of para-hydroxylation sites is 2. The molecule has 2 N–H and O–H groups in total. The first-order chi connectivity index (χ1) is 14.1. The monoisotopic (exact) mass is 391 g/mol. The maximum atomic E-state index is 13.3. The smallest absolute Gasteiger partial charge is 0.344 e. The summed E-state index contributed by atoms with van der Waals surface area (Å²) in [5, 5.41) is 3.67. The molecule has 148 valence electrons. The molecule has 4 amide bonds. The maximum absolute atomic E-state index is 13.3. The second-order valence-corrected chi connectivity index (χ2v) is 7.80. The summed E-state index contributed by atoms with van der Waals surface area (Å²) in [6.45, 7) is 0. The normalized spacial score (nSPS) is 19.9. The van der Waals surface area contributed by atoms with Gasteiger partial charge < -0.3 is 10.1 Å². The zero-order chi connectivity index (χ0) is 20.0. The molecule has 0 aromatic heterocycles. The molecule has 0 unspecified atom stereocenters. The lowest BCUT2D eigenvalue weighted by Crippen LogP contribution is -2.51. The van der Waals surface area contributed by atoms with Crippen molar-refractivity contribution in [3.8, 4) is 11.5 Å². The van der Waals surface area contributed by atoms with Gasteiger partial charge in [0.05, 0.1) is 5.92 Å². The summed E-state index contributed by atoms with van der Waals surface area (Å²) in [5.74, 6) is -0.312. The van der Waals surface area contributed by atoms with Crippen LogP contribution >= 0.6 is 0 Å². The minimum Gasteiger partial charge on any atom is -0.457 e. The molecule has 29 heavy (non-hydrogen) atoms. The summed E-state index contributed by atoms with van der Waals surface area (Å²) in [6, 6.07) is 14.0. The Hall–Kier alpha value is -3.35. The van der Waals surface area contributed by atoms with Gasteiger partial charge in [-0.3, -0.25) is 15.0 Å². The zero-order valence-corrected chi connectivity index (χ0v) is 15.8. The molecule has 7 nitrogen and oxygen atoms in total. The number of imide groups is 1. The number of benzene rings is 2. The van der Waals surface area contributed by atoms with Crippen molar-refractivity contribution in [2.45, 2.75) is 43.6 Å². The first-order valence-corrected chi connectivity index (χ1v) is 9.92.